The number of nitrogens with zero attached hydrogens (tertiary/aromatic N) is 5. The quantitative estimate of drug-likeness (QED) is 0.340. The maximum absolute atomic E-state index is 12.8. The molecule has 4 aromatic rings. The highest BCUT2D eigenvalue weighted by atomic mass is 16.6. The molecule has 1 saturated heterocycles. The van der Waals surface area contributed by atoms with Crippen molar-refractivity contribution in [2.45, 2.75) is 51.7 Å². The van der Waals surface area contributed by atoms with Gasteiger partial charge in [-0.05, 0) is 57.9 Å². The van der Waals surface area contributed by atoms with E-state index in [1.54, 1.807) is 30.7 Å². The molecule has 0 saturated carbocycles. The van der Waals surface area contributed by atoms with Gasteiger partial charge in [-0.15, -0.1) is 5.10 Å². The van der Waals surface area contributed by atoms with Gasteiger partial charge in [-0.25, -0.2) is 14.8 Å². The smallest absolute Gasteiger partial charge is 0.410 e. The van der Waals surface area contributed by atoms with E-state index in [1.165, 1.54) is 0 Å². The Morgan fingerprint density at radius 2 is 1.77 bits per heavy atom. The summed E-state index contributed by atoms with van der Waals surface area (Å²) in [6.45, 7) is 7.21. The predicted molar refractivity (Wildman–Crippen MR) is 151 cm³/mol. The monoisotopic (exact) mass is 548 g/mol. The average molecular weight is 549 g/mol. The van der Waals surface area contributed by atoms with Crippen molar-refractivity contribution in [2.75, 3.05) is 39.7 Å². The lowest BCUT2D eigenvalue weighted by Crippen LogP contribution is -2.42. The van der Waals surface area contributed by atoms with Gasteiger partial charge in [0.05, 0.1) is 26.8 Å². The van der Waals surface area contributed by atoms with Crippen molar-refractivity contribution in [1.29, 1.82) is 0 Å². The van der Waals surface area contributed by atoms with E-state index in [2.05, 4.69) is 5.32 Å². The fraction of sp³-hybridized carbons (Fsp3) is 0.448. The molecule has 1 fully saturated rings. The van der Waals surface area contributed by atoms with Gasteiger partial charge >= 0.3 is 6.09 Å². The highest BCUT2D eigenvalue weighted by Gasteiger charge is 2.31. The second-order valence-electron chi connectivity index (χ2n) is 10.8. The number of fused-ring (bicyclic) bond motifs is 3. The molecule has 2 aromatic heterocycles. The molecule has 11 nitrogen and oxygen atoms in total. The number of carbonyl (C=O) groups is 1. The number of benzene rings is 2. The van der Waals surface area contributed by atoms with Crippen LogP contribution in [-0.2, 0) is 11.3 Å². The Bertz CT molecular complexity index is 1530. The first-order valence-corrected chi connectivity index (χ1v) is 13.4. The highest BCUT2D eigenvalue weighted by molar-refractivity contribution is 5.93. The predicted octanol–water partition coefficient (Wildman–Crippen LogP) is 5.03. The number of piperidine rings is 1. The third-order valence-electron chi connectivity index (χ3n) is 6.87. The summed E-state index contributed by atoms with van der Waals surface area (Å²) in [4.78, 5) is 24.4. The number of carbonyl (C=O) groups excluding carboxylic acids is 1. The molecule has 1 atom stereocenters. The van der Waals surface area contributed by atoms with Crippen LogP contribution >= 0.6 is 0 Å². The Labute approximate surface area is 233 Å². The topological polar surface area (TPSA) is 112 Å². The number of hydrogen-bond donors (Lipinski definition) is 1. The first kappa shape index (κ1) is 27.3. The van der Waals surface area contributed by atoms with Crippen LogP contribution in [0.15, 0.2) is 36.4 Å². The molecule has 212 valence electrons. The van der Waals surface area contributed by atoms with E-state index < -0.39 is 5.60 Å². The molecule has 1 aliphatic heterocycles. The number of nitrogens with one attached hydrogen (secondary N) is 1. The molecule has 11 heteroatoms. The standard InChI is InChI=1S/C29H36N6O5/c1-29(2,3)40-28(36)34-13-7-8-19(17-34)25-32-26-22-12-11-20(37-4)14-23(22)31-27(35(26)33-25)30-16-18-9-10-21(38-5)15-24(18)39-6/h9-12,14-15,19H,7-8,13,16-17H2,1-6H3,(H,30,31). The summed E-state index contributed by atoms with van der Waals surface area (Å²) in [5.41, 5.74) is 1.80. The lowest BCUT2D eigenvalue weighted by Gasteiger charge is -2.33. The van der Waals surface area contributed by atoms with Crippen molar-refractivity contribution in [3.8, 4) is 17.2 Å². The Hall–Kier alpha value is -4.28. The van der Waals surface area contributed by atoms with Gasteiger partial charge in [0, 0.05) is 48.6 Å². The number of methoxy groups -OCH3 is 3. The molecule has 0 radical (unpaired) electrons. The molecule has 1 aliphatic rings. The molecule has 5 rings (SSSR count). The summed E-state index contributed by atoms with van der Waals surface area (Å²) in [6, 6.07) is 11.4. The minimum atomic E-state index is -0.551. The summed E-state index contributed by atoms with van der Waals surface area (Å²) in [5.74, 6) is 3.30. The number of rotatable bonds is 7. The molecule has 0 bridgehead atoms. The normalized spacial score (nSPS) is 15.8. The van der Waals surface area contributed by atoms with E-state index in [4.69, 9.17) is 34.0 Å². The minimum Gasteiger partial charge on any atom is -0.497 e. The SMILES string of the molecule is COc1ccc(CNc2nc3cc(OC)ccc3c3nc(C4CCCN(C(=O)OC(C)(C)C)C4)nn23)c(OC)c1. The number of likely N-dealkylation sites (tertiary alicyclic amines) is 1. The molecular weight excluding hydrogens is 512 g/mol. The number of ether oxygens (including phenoxy) is 4. The zero-order valence-corrected chi connectivity index (χ0v) is 23.9. The van der Waals surface area contributed by atoms with Gasteiger partial charge in [0.1, 0.15) is 22.8 Å². The van der Waals surface area contributed by atoms with Gasteiger partial charge in [0.15, 0.2) is 11.5 Å². The summed E-state index contributed by atoms with van der Waals surface area (Å²) < 4.78 is 23.7. The van der Waals surface area contributed by atoms with Gasteiger partial charge in [-0.1, -0.05) is 0 Å². The summed E-state index contributed by atoms with van der Waals surface area (Å²) >= 11 is 0. The second kappa shape index (κ2) is 11.1. The van der Waals surface area contributed by atoms with Crippen LogP contribution in [-0.4, -0.2) is 70.6 Å². The van der Waals surface area contributed by atoms with E-state index in [0.29, 0.717) is 54.3 Å². The van der Waals surface area contributed by atoms with E-state index >= 15 is 0 Å². The molecule has 2 aromatic carbocycles. The average Bonchev–Trinajstić information content (AvgIpc) is 3.40. The Balaban J connectivity index is 1.50. The summed E-state index contributed by atoms with van der Waals surface area (Å²) in [5, 5.41) is 9.17. The summed E-state index contributed by atoms with van der Waals surface area (Å²) in [7, 11) is 4.88. The maximum atomic E-state index is 12.8. The van der Waals surface area contributed by atoms with Crippen molar-refractivity contribution >= 4 is 28.6 Å². The Morgan fingerprint density at radius 3 is 2.50 bits per heavy atom. The number of anilines is 1. The van der Waals surface area contributed by atoms with Gasteiger partial charge in [0.25, 0.3) is 0 Å². The third-order valence-corrected chi connectivity index (χ3v) is 6.87. The van der Waals surface area contributed by atoms with Gasteiger partial charge in [-0.2, -0.15) is 4.52 Å². The van der Waals surface area contributed by atoms with Crippen LogP contribution in [0, 0.1) is 0 Å². The van der Waals surface area contributed by atoms with Gasteiger partial charge in [0.2, 0.25) is 5.95 Å². The molecular formula is C29H36N6O5. The van der Waals surface area contributed by atoms with Gasteiger partial charge < -0.3 is 29.2 Å². The molecule has 0 spiro atoms. The van der Waals surface area contributed by atoms with E-state index in [9.17, 15) is 4.79 Å². The van der Waals surface area contributed by atoms with Crippen LogP contribution in [0.25, 0.3) is 16.6 Å². The lowest BCUT2D eigenvalue weighted by molar-refractivity contribution is 0.0196. The summed E-state index contributed by atoms with van der Waals surface area (Å²) in [6.07, 6.45) is 1.41. The largest absolute Gasteiger partial charge is 0.497 e. The molecule has 40 heavy (non-hydrogen) atoms. The van der Waals surface area contributed by atoms with Crippen molar-refractivity contribution in [3.63, 3.8) is 0 Å². The Kier molecular flexibility index (Phi) is 7.55. The molecule has 1 unspecified atom stereocenters. The fourth-order valence-electron chi connectivity index (χ4n) is 4.87. The van der Waals surface area contributed by atoms with Gasteiger partial charge in [-0.3, -0.25) is 0 Å². The minimum absolute atomic E-state index is 0.0241. The number of amides is 1. The van der Waals surface area contributed by atoms with E-state index in [1.807, 2.05) is 57.2 Å². The van der Waals surface area contributed by atoms with Crippen LogP contribution in [0.1, 0.15) is 50.9 Å². The number of hydrogen-bond acceptors (Lipinski definition) is 9. The second-order valence-corrected chi connectivity index (χ2v) is 10.8. The van der Waals surface area contributed by atoms with Crippen molar-refractivity contribution in [2.24, 2.45) is 0 Å². The van der Waals surface area contributed by atoms with Crippen LogP contribution in [0.5, 0.6) is 17.2 Å². The van der Waals surface area contributed by atoms with E-state index in [0.717, 1.165) is 29.3 Å². The molecule has 3 heterocycles. The first-order valence-electron chi connectivity index (χ1n) is 13.4. The third kappa shape index (κ3) is 5.68. The first-order chi connectivity index (χ1) is 19.2. The van der Waals surface area contributed by atoms with Crippen LogP contribution in [0.4, 0.5) is 10.7 Å². The highest BCUT2D eigenvalue weighted by Crippen LogP contribution is 2.31. The van der Waals surface area contributed by atoms with Crippen molar-refractivity contribution in [1.82, 2.24) is 24.5 Å². The molecule has 0 aliphatic carbocycles. The lowest BCUT2D eigenvalue weighted by atomic mass is 9.98. The van der Waals surface area contributed by atoms with Crippen molar-refractivity contribution < 1.29 is 23.7 Å². The van der Waals surface area contributed by atoms with Crippen LogP contribution in [0.3, 0.4) is 0 Å². The van der Waals surface area contributed by atoms with Crippen molar-refractivity contribution in [3.05, 3.63) is 47.8 Å². The van der Waals surface area contributed by atoms with Crippen LogP contribution in [0.2, 0.25) is 0 Å². The Morgan fingerprint density at radius 1 is 1.02 bits per heavy atom. The maximum Gasteiger partial charge on any atom is 0.410 e. The zero-order valence-electron chi connectivity index (χ0n) is 23.9. The number of aromatic nitrogens is 4. The molecule has 1 amide bonds. The zero-order chi connectivity index (χ0) is 28.4. The van der Waals surface area contributed by atoms with Crippen LogP contribution < -0.4 is 19.5 Å². The van der Waals surface area contributed by atoms with E-state index in [-0.39, 0.29) is 12.0 Å². The fourth-order valence-corrected chi connectivity index (χ4v) is 4.87. The molecule has 1 N–H and O–H groups in total.